The molecule has 1 atom stereocenters. The molecule has 0 aliphatic carbocycles. The second-order valence-corrected chi connectivity index (χ2v) is 8.78. The van der Waals surface area contributed by atoms with Crippen LogP contribution in [0.25, 0.3) is 0 Å². The molecule has 0 radical (unpaired) electrons. The van der Waals surface area contributed by atoms with E-state index in [-0.39, 0.29) is 29.5 Å². The Balaban J connectivity index is 1.29. The van der Waals surface area contributed by atoms with E-state index in [9.17, 15) is 14.7 Å². The Morgan fingerprint density at radius 2 is 1.50 bits per heavy atom. The molecule has 1 aliphatic heterocycles. The molecule has 1 heterocycles. The maximum atomic E-state index is 12.9. The molecular formula is C28H31N3O3. The van der Waals surface area contributed by atoms with E-state index in [1.807, 2.05) is 48.5 Å². The number of phenolic OH excluding ortho intramolecular Hbond substituents is 1. The summed E-state index contributed by atoms with van der Waals surface area (Å²) in [6.07, 6.45) is 2.09. The molecule has 176 valence electrons. The monoisotopic (exact) mass is 457 g/mol. The summed E-state index contributed by atoms with van der Waals surface area (Å²) in [5, 5.41) is 15.9. The first-order valence-corrected chi connectivity index (χ1v) is 11.8. The summed E-state index contributed by atoms with van der Waals surface area (Å²) in [5.74, 6) is -0.165. The molecule has 34 heavy (non-hydrogen) atoms. The number of hydrogen-bond acceptors (Lipinski definition) is 4. The molecule has 3 aromatic rings. The van der Waals surface area contributed by atoms with Gasteiger partial charge in [-0.2, -0.15) is 0 Å². The summed E-state index contributed by atoms with van der Waals surface area (Å²) >= 11 is 0. The lowest BCUT2D eigenvalue weighted by Gasteiger charge is -2.31. The first-order chi connectivity index (χ1) is 16.6. The predicted octanol–water partition coefficient (Wildman–Crippen LogP) is 4.14. The molecule has 3 aromatic carbocycles. The van der Waals surface area contributed by atoms with Gasteiger partial charge >= 0.3 is 0 Å². The number of carbonyl (C=O) groups is 2. The summed E-state index contributed by atoms with van der Waals surface area (Å²) in [5.41, 5.74) is 2.69. The Morgan fingerprint density at radius 1 is 0.882 bits per heavy atom. The Labute approximate surface area is 200 Å². The molecule has 3 N–H and O–H groups in total. The van der Waals surface area contributed by atoms with Crippen LogP contribution < -0.4 is 10.6 Å². The lowest BCUT2D eigenvalue weighted by Crippen LogP contribution is -2.44. The van der Waals surface area contributed by atoms with Crippen LogP contribution in [0, 0.1) is 5.92 Å². The molecule has 0 unspecified atom stereocenters. The summed E-state index contributed by atoms with van der Waals surface area (Å²) in [6, 6.07) is 26.8. The van der Waals surface area contributed by atoms with Crippen molar-refractivity contribution >= 4 is 17.5 Å². The fraction of sp³-hybridized carbons (Fsp3) is 0.286. The number of rotatable bonds is 8. The van der Waals surface area contributed by atoms with E-state index < -0.39 is 0 Å². The Hall–Kier alpha value is -3.64. The highest BCUT2D eigenvalue weighted by Crippen LogP contribution is 2.25. The zero-order valence-corrected chi connectivity index (χ0v) is 19.2. The van der Waals surface area contributed by atoms with Crippen LogP contribution in [0.5, 0.6) is 5.75 Å². The number of carbonyl (C=O) groups excluding carboxylic acids is 2. The molecule has 0 saturated carbocycles. The van der Waals surface area contributed by atoms with Gasteiger partial charge in [0.1, 0.15) is 5.75 Å². The van der Waals surface area contributed by atoms with Gasteiger partial charge in [0.2, 0.25) is 11.8 Å². The number of hydrogen-bond donors (Lipinski definition) is 3. The molecule has 0 spiro atoms. The fourth-order valence-electron chi connectivity index (χ4n) is 4.40. The van der Waals surface area contributed by atoms with E-state index >= 15 is 0 Å². The van der Waals surface area contributed by atoms with Crippen LogP contribution in [-0.4, -0.2) is 41.5 Å². The van der Waals surface area contributed by atoms with Crippen molar-refractivity contribution < 1.29 is 14.7 Å². The number of amides is 2. The van der Waals surface area contributed by atoms with E-state index in [0.29, 0.717) is 38.2 Å². The lowest BCUT2D eigenvalue weighted by atomic mass is 9.95. The van der Waals surface area contributed by atoms with Crippen LogP contribution in [0.15, 0.2) is 84.9 Å². The van der Waals surface area contributed by atoms with Crippen molar-refractivity contribution in [2.75, 3.05) is 25.0 Å². The number of phenols is 1. The number of anilines is 1. The topological polar surface area (TPSA) is 81.7 Å². The highest BCUT2D eigenvalue weighted by Gasteiger charge is 2.27. The number of para-hydroxylation sites is 2. The molecule has 1 saturated heterocycles. The second-order valence-electron chi connectivity index (χ2n) is 8.78. The molecular weight excluding hydrogens is 426 g/mol. The standard InChI is InChI=1S/C28H31N3O3/c32-26-14-8-7-13-24(26)30-28(34)23-15-17-31(18-16-23)20-27(33)29-25(22-11-5-2-6-12-22)19-21-9-3-1-4-10-21/h1-14,23,25,32H,15-20H2,(H,29,33)(H,30,34)/t25-/m1/s1. The summed E-state index contributed by atoms with van der Waals surface area (Å²) in [6.45, 7) is 1.67. The van der Waals surface area contributed by atoms with E-state index in [2.05, 4.69) is 27.7 Å². The minimum atomic E-state index is -0.130. The third-order valence-electron chi connectivity index (χ3n) is 6.31. The average Bonchev–Trinajstić information content (AvgIpc) is 2.86. The number of piperidine rings is 1. The van der Waals surface area contributed by atoms with Gasteiger partial charge in [0, 0.05) is 5.92 Å². The van der Waals surface area contributed by atoms with Crippen molar-refractivity contribution in [3.05, 3.63) is 96.1 Å². The largest absolute Gasteiger partial charge is 0.506 e. The van der Waals surface area contributed by atoms with Gasteiger partial charge in [0.15, 0.2) is 0 Å². The van der Waals surface area contributed by atoms with Gasteiger partial charge in [0.05, 0.1) is 18.3 Å². The van der Waals surface area contributed by atoms with Gasteiger partial charge in [-0.1, -0.05) is 72.8 Å². The maximum absolute atomic E-state index is 12.9. The maximum Gasteiger partial charge on any atom is 0.234 e. The average molecular weight is 458 g/mol. The van der Waals surface area contributed by atoms with Crippen molar-refractivity contribution in [1.82, 2.24) is 10.2 Å². The molecule has 1 fully saturated rings. The van der Waals surface area contributed by atoms with Gasteiger partial charge in [0.25, 0.3) is 0 Å². The number of nitrogens with one attached hydrogen (secondary N) is 2. The van der Waals surface area contributed by atoms with Crippen molar-refractivity contribution in [2.24, 2.45) is 5.92 Å². The fourth-order valence-corrected chi connectivity index (χ4v) is 4.40. The van der Waals surface area contributed by atoms with Crippen LogP contribution in [0.2, 0.25) is 0 Å². The van der Waals surface area contributed by atoms with Gasteiger partial charge < -0.3 is 15.7 Å². The Morgan fingerprint density at radius 3 is 2.18 bits per heavy atom. The molecule has 6 nitrogen and oxygen atoms in total. The zero-order valence-electron chi connectivity index (χ0n) is 19.2. The quantitative estimate of drug-likeness (QED) is 0.444. The third kappa shape index (κ3) is 6.45. The molecule has 4 rings (SSSR count). The molecule has 6 heteroatoms. The van der Waals surface area contributed by atoms with Crippen LogP contribution in [0.1, 0.15) is 30.0 Å². The number of aromatic hydroxyl groups is 1. The highest BCUT2D eigenvalue weighted by molar-refractivity contribution is 5.94. The minimum Gasteiger partial charge on any atom is -0.506 e. The predicted molar refractivity (Wildman–Crippen MR) is 133 cm³/mol. The molecule has 0 aromatic heterocycles. The van der Waals surface area contributed by atoms with Gasteiger partial charge in [-0.3, -0.25) is 14.5 Å². The van der Waals surface area contributed by atoms with Gasteiger partial charge in [-0.05, 0) is 55.6 Å². The van der Waals surface area contributed by atoms with E-state index in [4.69, 9.17) is 0 Å². The van der Waals surface area contributed by atoms with Crippen LogP contribution >= 0.6 is 0 Å². The molecule has 1 aliphatic rings. The number of nitrogens with zero attached hydrogens (tertiary/aromatic N) is 1. The summed E-state index contributed by atoms with van der Waals surface area (Å²) in [7, 11) is 0. The summed E-state index contributed by atoms with van der Waals surface area (Å²) < 4.78 is 0. The Bertz CT molecular complexity index is 1080. The Kier molecular flexibility index (Phi) is 7.94. The van der Waals surface area contributed by atoms with Crippen molar-refractivity contribution in [3.63, 3.8) is 0 Å². The smallest absolute Gasteiger partial charge is 0.234 e. The first kappa shape index (κ1) is 23.5. The highest BCUT2D eigenvalue weighted by atomic mass is 16.3. The van der Waals surface area contributed by atoms with E-state index in [0.717, 1.165) is 12.0 Å². The first-order valence-electron chi connectivity index (χ1n) is 11.8. The second kappa shape index (κ2) is 11.5. The van der Waals surface area contributed by atoms with Crippen LogP contribution in [0.4, 0.5) is 5.69 Å². The van der Waals surface area contributed by atoms with Crippen LogP contribution in [-0.2, 0) is 16.0 Å². The van der Waals surface area contributed by atoms with Crippen LogP contribution in [0.3, 0.4) is 0 Å². The third-order valence-corrected chi connectivity index (χ3v) is 6.31. The minimum absolute atomic E-state index is 0.0121. The van der Waals surface area contributed by atoms with Gasteiger partial charge in [-0.15, -0.1) is 0 Å². The summed E-state index contributed by atoms with van der Waals surface area (Å²) in [4.78, 5) is 27.6. The van der Waals surface area contributed by atoms with Crippen molar-refractivity contribution in [1.29, 1.82) is 0 Å². The number of likely N-dealkylation sites (tertiary alicyclic amines) is 1. The zero-order chi connectivity index (χ0) is 23.8. The van der Waals surface area contributed by atoms with Gasteiger partial charge in [-0.25, -0.2) is 0 Å². The van der Waals surface area contributed by atoms with Crippen molar-refractivity contribution in [2.45, 2.75) is 25.3 Å². The normalized spacial score (nSPS) is 15.4. The molecule has 0 bridgehead atoms. The van der Waals surface area contributed by atoms with E-state index in [1.165, 1.54) is 5.56 Å². The molecule has 2 amide bonds. The number of benzene rings is 3. The van der Waals surface area contributed by atoms with Crippen molar-refractivity contribution in [3.8, 4) is 5.75 Å². The van der Waals surface area contributed by atoms with E-state index in [1.54, 1.807) is 24.3 Å². The lowest BCUT2D eigenvalue weighted by molar-refractivity contribution is -0.124. The SMILES string of the molecule is O=C(CN1CCC(C(=O)Nc2ccccc2O)CC1)N[C@H](Cc1ccccc1)c1ccccc1.